The van der Waals surface area contributed by atoms with Gasteiger partial charge in [-0.2, -0.15) is 0 Å². The first-order valence-electron chi connectivity index (χ1n) is 7.80. The lowest BCUT2D eigenvalue weighted by Gasteiger charge is -2.20. The van der Waals surface area contributed by atoms with Gasteiger partial charge in [0.25, 0.3) is 0 Å². The van der Waals surface area contributed by atoms with E-state index in [-0.39, 0.29) is 0 Å². The molecule has 1 N–H and O–H groups in total. The molecule has 21 heavy (non-hydrogen) atoms. The van der Waals surface area contributed by atoms with Crippen molar-refractivity contribution < 1.29 is 0 Å². The van der Waals surface area contributed by atoms with Gasteiger partial charge in [0.05, 0.1) is 11.9 Å². The Morgan fingerprint density at radius 3 is 2.86 bits per heavy atom. The lowest BCUT2D eigenvalue weighted by atomic mass is 10.1. The van der Waals surface area contributed by atoms with E-state index in [2.05, 4.69) is 49.5 Å². The Balaban J connectivity index is 2.15. The second-order valence-corrected chi connectivity index (χ2v) is 6.66. The van der Waals surface area contributed by atoms with Crippen molar-refractivity contribution in [3.05, 3.63) is 17.3 Å². The average molecular weight is 306 g/mol. The van der Waals surface area contributed by atoms with E-state index >= 15 is 0 Å². The van der Waals surface area contributed by atoms with Crippen molar-refractivity contribution >= 4 is 27.4 Å². The molecule has 0 saturated heterocycles. The Bertz CT molecular complexity index is 566. The van der Waals surface area contributed by atoms with E-state index < -0.39 is 0 Å². The van der Waals surface area contributed by atoms with E-state index in [0.29, 0.717) is 5.92 Å². The highest BCUT2D eigenvalue weighted by molar-refractivity contribution is 7.16. The van der Waals surface area contributed by atoms with Crippen molar-refractivity contribution in [2.75, 3.05) is 25.5 Å². The molecule has 2 rings (SSSR count). The Hall–Kier alpha value is -1.20. The number of rotatable bonds is 8. The quantitative estimate of drug-likeness (QED) is 0.800. The molecule has 2 aromatic heterocycles. The van der Waals surface area contributed by atoms with Gasteiger partial charge in [-0.3, -0.25) is 4.90 Å². The number of hydrogen-bond donors (Lipinski definition) is 1. The van der Waals surface area contributed by atoms with Gasteiger partial charge in [0, 0.05) is 13.1 Å². The van der Waals surface area contributed by atoms with E-state index in [4.69, 9.17) is 9.97 Å². The maximum absolute atomic E-state index is 4.73. The maximum Gasteiger partial charge on any atom is 0.146 e. The highest BCUT2D eigenvalue weighted by atomic mass is 32.1. The van der Waals surface area contributed by atoms with Crippen LogP contribution in [0.1, 0.15) is 39.4 Å². The molecule has 4 nitrogen and oxygen atoms in total. The average Bonchev–Trinajstić information content (AvgIpc) is 2.92. The molecule has 0 aliphatic rings. The van der Waals surface area contributed by atoms with Crippen LogP contribution in [0.2, 0.25) is 0 Å². The highest BCUT2D eigenvalue weighted by Crippen LogP contribution is 2.25. The van der Waals surface area contributed by atoms with Crippen LogP contribution in [0, 0.1) is 5.92 Å². The van der Waals surface area contributed by atoms with Gasteiger partial charge in [-0.25, -0.2) is 9.97 Å². The van der Waals surface area contributed by atoms with Crippen LogP contribution < -0.4 is 5.32 Å². The first-order chi connectivity index (χ1) is 10.1. The Labute approximate surface area is 131 Å². The number of anilines is 1. The lowest BCUT2D eigenvalue weighted by Crippen LogP contribution is -2.25. The van der Waals surface area contributed by atoms with Crippen LogP contribution in [0.4, 0.5) is 5.82 Å². The Morgan fingerprint density at radius 1 is 1.33 bits per heavy atom. The Morgan fingerprint density at radius 2 is 2.14 bits per heavy atom. The molecule has 0 aliphatic carbocycles. The summed E-state index contributed by atoms with van der Waals surface area (Å²) in [6.45, 7) is 9.52. The van der Waals surface area contributed by atoms with Crippen molar-refractivity contribution in [3.63, 3.8) is 0 Å². The zero-order valence-electron chi connectivity index (χ0n) is 13.5. The van der Waals surface area contributed by atoms with Gasteiger partial charge in [0.15, 0.2) is 0 Å². The lowest BCUT2D eigenvalue weighted by molar-refractivity contribution is 0.270. The predicted octanol–water partition coefficient (Wildman–Crippen LogP) is 3.99. The van der Waals surface area contributed by atoms with E-state index in [0.717, 1.165) is 47.9 Å². The van der Waals surface area contributed by atoms with Gasteiger partial charge >= 0.3 is 0 Å². The molecule has 0 fully saturated rings. The van der Waals surface area contributed by atoms with Gasteiger partial charge in [0.1, 0.15) is 16.5 Å². The van der Waals surface area contributed by atoms with E-state index in [1.165, 1.54) is 6.42 Å². The zero-order chi connectivity index (χ0) is 15.2. The summed E-state index contributed by atoms with van der Waals surface area (Å²) in [6, 6.07) is 2.10. The number of nitrogens with zero attached hydrogens (tertiary/aromatic N) is 3. The topological polar surface area (TPSA) is 41.1 Å². The molecule has 0 radical (unpaired) electrons. The largest absolute Gasteiger partial charge is 0.369 e. The third-order valence-electron chi connectivity index (χ3n) is 3.65. The smallest absolute Gasteiger partial charge is 0.146 e. The fraction of sp³-hybridized carbons (Fsp3) is 0.625. The summed E-state index contributed by atoms with van der Waals surface area (Å²) < 4.78 is 0. The highest BCUT2D eigenvalue weighted by Gasteiger charge is 2.11. The van der Waals surface area contributed by atoms with Crippen LogP contribution in [0.3, 0.4) is 0 Å². The third-order valence-corrected chi connectivity index (χ3v) is 4.45. The fourth-order valence-electron chi connectivity index (χ4n) is 2.32. The van der Waals surface area contributed by atoms with Gasteiger partial charge in [-0.05, 0) is 30.8 Å². The molecule has 0 amide bonds. The summed E-state index contributed by atoms with van der Waals surface area (Å²) in [6.07, 6.45) is 2.30. The molecular formula is C16H26N4S. The van der Waals surface area contributed by atoms with E-state index in [1.54, 1.807) is 11.3 Å². The molecule has 1 atom stereocenters. The summed E-state index contributed by atoms with van der Waals surface area (Å²) in [7, 11) is 2.15. The van der Waals surface area contributed by atoms with Gasteiger partial charge in [-0.1, -0.05) is 27.2 Å². The van der Waals surface area contributed by atoms with Gasteiger partial charge in [0.2, 0.25) is 0 Å². The summed E-state index contributed by atoms with van der Waals surface area (Å²) in [5.41, 5.74) is 0. The first-order valence-corrected chi connectivity index (χ1v) is 8.68. The number of aromatic nitrogens is 2. The van der Waals surface area contributed by atoms with Crippen molar-refractivity contribution in [2.45, 2.75) is 40.2 Å². The molecule has 2 heterocycles. The normalized spacial score (nSPS) is 13.0. The maximum atomic E-state index is 4.73. The third kappa shape index (κ3) is 4.38. The second kappa shape index (κ2) is 7.71. The second-order valence-electron chi connectivity index (χ2n) is 5.76. The van der Waals surface area contributed by atoms with Crippen LogP contribution in [0.5, 0.6) is 0 Å². The number of thiophene rings is 1. The molecule has 1 unspecified atom stereocenters. The minimum absolute atomic E-state index is 0.707. The minimum Gasteiger partial charge on any atom is -0.369 e. The van der Waals surface area contributed by atoms with Crippen LogP contribution >= 0.6 is 11.3 Å². The van der Waals surface area contributed by atoms with Crippen LogP contribution in [0.25, 0.3) is 10.2 Å². The van der Waals surface area contributed by atoms with Crippen molar-refractivity contribution in [2.24, 2.45) is 5.92 Å². The standard InChI is InChI=1S/C16H26N4S/c1-5-8-17-15-13-7-9-21-16(13)19-14(18-15)11-20(4)10-12(3)6-2/h7,9,12H,5-6,8,10-11H2,1-4H3,(H,17,18,19). The van der Waals surface area contributed by atoms with Crippen LogP contribution in [0.15, 0.2) is 11.4 Å². The predicted molar refractivity (Wildman–Crippen MR) is 92.0 cm³/mol. The van der Waals surface area contributed by atoms with Gasteiger partial charge < -0.3 is 5.32 Å². The zero-order valence-corrected chi connectivity index (χ0v) is 14.3. The molecule has 0 aromatic carbocycles. The fourth-order valence-corrected chi connectivity index (χ4v) is 3.10. The molecule has 0 spiro atoms. The first kappa shape index (κ1) is 16.2. The summed E-state index contributed by atoms with van der Waals surface area (Å²) in [5, 5.41) is 6.65. The van der Waals surface area contributed by atoms with E-state index in [1.807, 2.05) is 0 Å². The summed E-state index contributed by atoms with van der Waals surface area (Å²) in [4.78, 5) is 12.8. The summed E-state index contributed by atoms with van der Waals surface area (Å²) >= 11 is 1.68. The summed E-state index contributed by atoms with van der Waals surface area (Å²) in [5.74, 6) is 2.60. The van der Waals surface area contributed by atoms with Crippen LogP contribution in [-0.2, 0) is 6.54 Å². The van der Waals surface area contributed by atoms with Gasteiger partial charge in [-0.15, -0.1) is 11.3 Å². The number of hydrogen-bond acceptors (Lipinski definition) is 5. The number of nitrogens with one attached hydrogen (secondary N) is 1. The van der Waals surface area contributed by atoms with Crippen molar-refractivity contribution in [1.82, 2.24) is 14.9 Å². The molecule has 0 aliphatic heterocycles. The SMILES string of the molecule is CCCNc1nc(CN(C)CC(C)CC)nc2sccc12. The number of fused-ring (bicyclic) bond motifs is 1. The molecular weight excluding hydrogens is 280 g/mol. The van der Waals surface area contributed by atoms with E-state index in [9.17, 15) is 0 Å². The molecule has 2 aromatic rings. The van der Waals surface area contributed by atoms with Crippen molar-refractivity contribution in [3.8, 4) is 0 Å². The van der Waals surface area contributed by atoms with Crippen molar-refractivity contribution in [1.29, 1.82) is 0 Å². The Kier molecular flexibility index (Phi) is 5.94. The monoisotopic (exact) mass is 306 g/mol. The molecule has 0 saturated carbocycles. The minimum atomic E-state index is 0.707. The molecule has 0 bridgehead atoms. The molecule has 116 valence electrons. The van der Waals surface area contributed by atoms with Crippen LogP contribution in [-0.4, -0.2) is 35.0 Å². The molecule has 5 heteroatoms.